The Morgan fingerprint density at radius 3 is 2.42 bits per heavy atom. The quantitative estimate of drug-likeness (QED) is 0.303. The van der Waals surface area contributed by atoms with Crippen molar-refractivity contribution in [1.29, 1.82) is 0 Å². The monoisotopic (exact) mass is 587 g/mol. The zero-order valence-electron chi connectivity index (χ0n) is 20.1. The van der Waals surface area contributed by atoms with Crippen LogP contribution in [0.3, 0.4) is 0 Å². The number of nitrogens with one attached hydrogen (secondary N) is 1. The fraction of sp³-hybridized carbons (Fsp3) is 0.400. The molecule has 11 heteroatoms. The van der Waals surface area contributed by atoms with Gasteiger partial charge in [0.1, 0.15) is 22.6 Å². The Morgan fingerprint density at radius 1 is 1.17 bits per heavy atom. The molecule has 1 saturated carbocycles. The van der Waals surface area contributed by atoms with Crippen LogP contribution in [0.1, 0.15) is 50.8 Å². The normalized spacial score (nSPS) is 16.1. The summed E-state index contributed by atoms with van der Waals surface area (Å²) in [6.45, 7) is 5.99. The van der Waals surface area contributed by atoms with E-state index in [-0.39, 0.29) is 22.7 Å². The topological polar surface area (TPSA) is 56.1 Å². The van der Waals surface area contributed by atoms with Crippen LogP contribution in [0.4, 0.5) is 17.6 Å². The number of aromatic nitrogens is 2. The van der Waals surface area contributed by atoms with Crippen molar-refractivity contribution >= 4 is 26.9 Å². The standard InChI is InChI=1S/C25H26BrF4N3O2S/c1-24(2,3)33-23(17-9-7-15(27)11-20(17)26)18(13-31-33)22(14-5-6-14)32-36(34)16-8-10-19(25(28,29)30)21(12-16)35-4/h7-14,22,32H,5-6H2,1-4H3/t22-,36?/m1/s1. The van der Waals surface area contributed by atoms with Gasteiger partial charge in [-0.15, -0.1) is 0 Å². The molecule has 36 heavy (non-hydrogen) atoms. The highest BCUT2D eigenvalue weighted by molar-refractivity contribution is 9.10. The summed E-state index contributed by atoms with van der Waals surface area (Å²) in [4.78, 5) is 0.165. The molecular weight excluding hydrogens is 562 g/mol. The van der Waals surface area contributed by atoms with Gasteiger partial charge in [0.15, 0.2) is 0 Å². The summed E-state index contributed by atoms with van der Waals surface area (Å²) in [5.41, 5.74) is 0.926. The number of halogens is 5. The zero-order valence-corrected chi connectivity index (χ0v) is 22.5. The van der Waals surface area contributed by atoms with Crippen molar-refractivity contribution in [3.05, 3.63) is 64.0 Å². The molecule has 1 unspecified atom stereocenters. The van der Waals surface area contributed by atoms with E-state index < -0.39 is 34.0 Å². The molecule has 1 heterocycles. The molecule has 194 valence electrons. The van der Waals surface area contributed by atoms with Gasteiger partial charge in [-0.25, -0.2) is 13.3 Å². The first-order valence-corrected chi connectivity index (χ1v) is 13.2. The number of benzene rings is 2. The van der Waals surface area contributed by atoms with Gasteiger partial charge in [-0.3, -0.25) is 4.68 Å². The minimum atomic E-state index is -4.59. The van der Waals surface area contributed by atoms with E-state index in [1.165, 1.54) is 18.2 Å². The summed E-state index contributed by atoms with van der Waals surface area (Å²) in [5.74, 6) is -0.612. The van der Waals surface area contributed by atoms with Crippen LogP contribution in [0.5, 0.6) is 5.75 Å². The van der Waals surface area contributed by atoms with Crippen LogP contribution in [0.15, 0.2) is 52.0 Å². The predicted octanol–water partition coefficient (Wildman–Crippen LogP) is 7.00. The fourth-order valence-corrected chi connectivity index (χ4v) is 5.73. The predicted molar refractivity (Wildman–Crippen MR) is 133 cm³/mol. The molecule has 2 atom stereocenters. The van der Waals surface area contributed by atoms with Gasteiger partial charge in [-0.1, -0.05) is 0 Å². The van der Waals surface area contributed by atoms with Crippen LogP contribution in [0.2, 0.25) is 0 Å². The Bertz CT molecular complexity index is 1300. The van der Waals surface area contributed by atoms with E-state index in [0.29, 0.717) is 4.47 Å². The first-order chi connectivity index (χ1) is 16.8. The molecule has 2 aromatic carbocycles. The average molecular weight is 588 g/mol. The summed E-state index contributed by atoms with van der Waals surface area (Å²) < 4.78 is 77.4. The number of rotatable bonds is 7. The molecule has 1 N–H and O–H groups in total. The highest BCUT2D eigenvalue weighted by Gasteiger charge is 2.38. The van der Waals surface area contributed by atoms with Gasteiger partial charge in [0.2, 0.25) is 0 Å². The summed E-state index contributed by atoms with van der Waals surface area (Å²) in [5, 5.41) is 4.62. The van der Waals surface area contributed by atoms with E-state index in [9.17, 15) is 21.8 Å². The van der Waals surface area contributed by atoms with Gasteiger partial charge in [-0.05, 0) is 91.9 Å². The van der Waals surface area contributed by atoms with Crippen molar-refractivity contribution in [3.8, 4) is 17.0 Å². The minimum Gasteiger partial charge on any atom is -0.496 e. The lowest BCUT2D eigenvalue weighted by molar-refractivity contribution is -0.138. The van der Waals surface area contributed by atoms with E-state index in [2.05, 4.69) is 25.8 Å². The summed E-state index contributed by atoms with van der Waals surface area (Å²) in [6.07, 6.45) is -1.07. The van der Waals surface area contributed by atoms with E-state index >= 15 is 0 Å². The van der Waals surface area contributed by atoms with Crippen LogP contribution in [-0.2, 0) is 22.7 Å². The van der Waals surface area contributed by atoms with E-state index in [4.69, 9.17) is 4.74 Å². The summed E-state index contributed by atoms with van der Waals surface area (Å²) in [7, 11) is -0.689. The average Bonchev–Trinajstić information content (AvgIpc) is 3.53. The molecular formula is C25H26BrF4N3O2S. The van der Waals surface area contributed by atoms with Crippen molar-refractivity contribution in [2.24, 2.45) is 5.92 Å². The first kappa shape index (κ1) is 26.8. The van der Waals surface area contributed by atoms with Crippen LogP contribution >= 0.6 is 15.9 Å². The second-order valence-corrected chi connectivity index (χ2v) is 11.8. The summed E-state index contributed by atoms with van der Waals surface area (Å²) in [6, 6.07) is 7.24. The number of nitrogens with zero attached hydrogens (tertiary/aromatic N) is 2. The van der Waals surface area contributed by atoms with Crippen molar-refractivity contribution in [1.82, 2.24) is 14.5 Å². The Hall–Kier alpha value is -2.24. The lowest BCUT2D eigenvalue weighted by Crippen LogP contribution is -2.27. The van der Waals surface area contributed by atoms with Crippen molar-refractivity contribution in [2.75, 3.05) is 7.11 Å². The van der Waals surface area contributed by atoms with Crippen LogP contribution < -0.4 is 9.46 Å². The molecule has 4 rings (SSSR count). The lowest BCUT2D eigenvalue weighted by atomic mass is 9.98. The Balaban J connectivity index is 1.75. The Morgan fingerprint density at radius 2 is 1.86 bits per heavy atom. The maximum absolute atomic E-state index is 13.9. The molecule has 0 radical (unpaired) electrons. The van der Waals surface area contributed by atoms with Gasteiger partial charge >= 0.3 is 6.18 Å². The Kier molecular flexibility index (Phi) is 7.38. The minimum absolute atomic E-state index is 0.165. The molecule has 0 saturated heterocycles. The maximum Gasteiger partial charge on any atom is 0.419 e. The molecule has 1 aliphatic rings. The SMILES string of the molecule is COc1cc(S(=O)N[C@@H](c2cnn(C(C)(C)C)c2-c2ccc(F)cc2Br)C2CC2)ccc1C(F)(F)F. The highest BCUT2D eigenvalue weighted by Crippen LogP contribution is 2.46. The van der Waals surface area contributed by atoms with E-state index in [1.54, 1.807) is 12.3 Å². The number of hydrogen-bond acceptors (Lipinski definition) is 3. The van der Waals surface area contributed by atoms with E-state index in [1.807, 2.05) is 25.5 Å². The van der Waals surface area contributed by atoms with Gasteiger partial charge in [-0.2, -0.15) is 18.3 Å². The molecule has 0 amide bonds. The van der Waals surface area contributed by atoms with Gasteiger partial charge in [0, 0.05) is 15.6 Å². The second-order valence-electron chi connectivity index (χ2n) is 9.72. The van der Waals surface area contributed by atoms with Gasteiger partial charge in [0.05, 0.1) is 41.0 Å². The number of methoxy groups -OCH3 is 1. The van der Waals surface area contributed by atoms with Crippen molar-refractivity contribution in [3.63, 3.8) is 0 Å². The smallest absolute Gasteiger partial charge is 0.419 e. The number of hydrogen-bond donors (Lipinski definition) is 1. The maximum atomic E-state index is 13.9. The van der Waals surface area contributed by atoms with Gasteiger partial charge < -0.3 is 4.74 Å². The van der Waals surface area contributed by atoms with Crippen molar-refractivity contribution < 1.29 is 26.5 Å². The molecule has 1 aliphatic carbocycles. The van der Waals surface area contributed by atoms with Crippen LogP contribution in [0, 0.1) is 11.7 Å². The highest BCUT2D eigenvalue weighted by atomic mass is 79.9. The molecule has 0 bridgehead atoms. The zero-order chi connectivity index (χ0) is 26.4. The van der Waals surface area contributed by atoms with Gasteiger partial charge in [0.25, 0.3) is 0 Å². The first-order valence-electron chi connectivity index (χ1n) is 11.3. The third kappa shape index (κ3) is 5.52. The second kappa shape index (κ2) is 9.90. The van der Waals surface area contributed by atoms with E-state index in [0.717, 1.165) is 48.9 Å². The molecule has 0 spiro atoms. The third-order valence-corrected chi connectivity index (χ3v) is 7.78. The molecule has 0 aliphatic heterocycles. The lowest BCUT2D eigenvalue weighted by Gasteiger charge is -2.25. The molecule has 1 aromatic heterocycles. The molecule has 1 fully saturated rings. The van der Waals surface area contributed by atoms with Crippen molar-refractivity contribution in [2.45, 2.75) is 56.3 Å². The van der Waals surface area contributed by atoms with Crippen LogP contribution in [-0.4, -0.2) is 21.1 Å². The molecule has 5 nitrogen and oxygen atoms in total. The number of ether oxygens (including phenoxy) is 1. The third-order valence-electron chi connectivity index (χ3n) is 5.97. The number of alkyl halides is 3. The molecule has 3 aromatic rings. The van der Waals surface area contributed by atoms with Crippen LogP contribution in [0.25, 0.3) is 11.3 Å². The fourth-order valence-electron chi connectivity index (χ4n) is 4.10. The Labute approximate surface area is 217 Å². The largest absolute Gasteiger partial charge is 0.496 e. The summed E-state index contributed by atoms with van der Waals surface area (Å²) >= 11 is 3.46.